The average Bonchev–Trinajstić information content (AvgIpc) is 2.26. The van der Waals surface area contributed by atoms with E-state index in [-0.39, 0.29) is 29.3 Å². The second kappa shape index (κ2) is 6.23. The van der Waals surface area contributed by atoms with E-state index in [4.69, 9.17) is 15.7 Å². The Morgan fingerprint density at radius 3 is 2.63 bits per heavy atom. The van der Waals surface area contributed by atoms with Crippen molar-refractivity contribution >= 4 is 11.7 Å². The molecule has 1 aliphatic heterocycles. The summed E-state index contributed by atoms with van der Waals surface area (Å²) in [6, 6.07) is 0.0731. The number of rotatable bonds is 4. The fourth-order valence-corrected chi connectivity index (χ4v) is 2.49. The van der Waals surface area contributed by atoms with Crippen LogP contribution in [0.1, 0.15) is 40.5 Å². The number of hydrogen-bond acceptors (Lipinski definition) is 4. The van der Waals surface area contributed by atoms with Crippen molar-refractivity contribution in [3.8, 4) is 0 Å². The van der Waals surface area contributed by atoms with Crippen molar-refractivity contribution in [3.05, 3.63) is 0 Å². The molecule has 0 aromatic heterocycles. The van der Waals surface area contributed by atoms with E-state index in [1.165, 1.54) is 0 Å². The molecular formula is C13H25N3O3. The number of hydrogen-bond donors (Lipinski definition) is 3. The topological polar surface area (TPSA) is 96.9 Å². The molecule has 4 N–H and O–H groups in total. The van der Waals surface area contributed by atoms with Gasteiger partial charge in [-0.15, -0.1) is 0 Å². The molecule has 2 atom stereocenters. The maximum Gasteiger partial charge on any atom is 0.231 e. The molecule has 1 saturated heterocycles. The van der Waals surface area contributed by atoms with E-state index in [0.29, 0.717) is 6.61 Å². The molecule has 0 saturated carbocycles. The van der Waals surface area contributed by atoms with Gasteiger partial charge in [-0.3, -0.25) is 4.79 Å². The van der Waals surface area contributed by atoms with Crippen LogP contribution < -0.4 is 11.1 Å². The highest BCUT2D eigenvalue weighted by molar-refractivity contribution is 6.02. The van der Waals surface area contributed by atoms with E-state index in [2.05, 4.69) is 10.5 Å². The molecule has 1 aliphatic rings. The predicted octanol–water partition coefficient (Wildman–Crippen LogP) is 1.08. The standard InChI is InChI=1S/C13H25N3O3/c1-8(2)10(11(14)16-18)12(17)15-9-5-6-19-13(3,4)7-9/h8-10,18H,5-7H2,1-4H3,(H2,14,16)(H,15,17). The fourth-order valence-electron chi connectivity index (χ4n) is 2.49. The minimum Gasteiger partial charge on any atom is -0.409 e. The van der Waals surface area contributed by atoms with Gasteiger partial charge in [0, 0.05) is 12.6 Å². The van der Waals surface area contributed by atoms with Crippen LogP contribution in [0.2, 0.25) is 0 Å². The summed E-state index contributed by atoms with van der Waals surface area (Å²) >= 11 is 0. The summed E-state index contributed by atoms with van der Waals surface area (Å²) in [6.45, 7) is 8.39. The molecule has 1 fully saturated rings. The molecule has 0 aromatic carbocycles. The van der Waals surface area contributed by atoms with Gasteiger partial charge in [0.25, 0.3) is 0 Å². The Morgan fingerprint density at radius 1 is 1.53 bits per heavy atom. The monoisotopic (exact) mass is 271 g/mol. The molecule has 0 aliphatic carbocycles. The van der Waals surface area contributed by atoms with Crippen LogP contribution in [-0.2, 0) is 9.53 Å². The van der Waals surface area contributed by atoms with Crippen molar-refractivity contribution < 1.29 is 14.7 Å². The molecule has 0 spiro atoms. The number of carbonyl (C=O) groups excluding carboxylic acids is 1. The maximum atomic E-state index is 12.2. The average molecular weight is 271 g/mol. The van der Waals surface area contributed by atoms with Crippen LogP contribution >= 0.6 is 0 Å². The van der Waals surface area contributed by atoms with Crippen molar-refractivity contribution in [3.63, 3.8) is 0 Å². The zero-order valence-electron chi connectivity index (χ0n) is 12.1. The molecule has 2 unspecified atom stereocenters. The van der Waals surface area contributed by atoms with Gasteiger partial charge in [0.15, 0.2) is 5.84 Å². The number of carbonyl (C=O) groups is 1. The second-order valence-electron chi connectivity index (χ2n) is 6.05. The lowest BCUT2D eigenvalue weighted by Gasteiger charge is -2.36. The largest absolute Gasteiger partial charge is 0.409 e. The molecule has 19 heavy (non-hydrogen) atoms. The van der Waals surface area contributed by atoms with E-state index in [0.717, 1.165) is 12.8 Å². The van der Waals surface area contributed by atoms with Crippen LogP contribution in [0.3, 0.4) is 0 Å². The SMILES string of the molecule is CC(C)C(C(=O)NC1CCOC(C)(C)C1)C(N)=NO. The van der Waals surface area contributed by atoms with Gasteiger partial charge in [0.1, 0.15) is 5.92 Å². The van der Waals surface area contributed by atoms with Gasteiger partial charge in [0.05, 0.1) is 5.60 Å². The fraction of sp³-hybridized carbons (Fsp3) is 0.846. The maximum absolute atomic E-state index is 12.2. The minimum atomic E-state index is -0.601. The number of nitrogens with one attached hydrogen (secondary N) is 1. The molecule has 0 radical (unpaired) electrons. The summed E-state index contributed by atoms with van der Waals surface area (Å²) in [6.07, 6.45) is 1.55. The Morgan fingerprint density at radius 2 is 2.16 bits per heavy atom. The third-order valence-corrected chi connectivity index (χ3v) is 3.43. The lowest BCUT2D eigenvalue weighted by molar-refractivity contribution is -0.127. The van der Waals surface area contributed by atoms with Crippen molar-refractivity contribution in [1.29, 1.82) is 0 Å². The Kier molecular flexibility index (Phi) is 5.17. The molecule has 0 bridgehead atoms. The molecule has 1 heterocycles. The molecule has 1 amide bonds. The van der Waals surface area contributed by atoms with Crippen molar-refractivity contribution in [1.82, 2.24) is 5.32 Å². The molecule has 6 nitrogen and oxygen atoms in total. The highest BCUT2D eigenvalue weighted by Gasteiger charge is 2.33. The zero-order valence-corrected chi connectivity index (χ0v) is 12.1. The number of amides is 1. The number of amidine groups is 1. The lowest BCUT2D eigenvalue weighted by atomic mass is 9.90. The van der Waals surface area contributed by atoms with Crippen LogP contribution in [0.4, 0.5) is 0 Å². The van der Waals surface area contributed by atoms with E-state index in [1.54, 1.807) is 0 Å². The van der Waals surface area contributed by atoms with Gasteiger partial charge in [-0.05, 0) is 32.6 Å². The summed E-state index contributed by atoms with van der Waals surface area (Å²) in [7, 11) is 0. The van der Waals surface area contributed by atoms with Crippen LogP contribution in [0, 0.1) is 11.8 Å². The third kappa shape index (κ3) is 4.38. The first-order chi connectivity index (χ1) is 8.76. The van der Waals surface area contributed by atoms with Crippen molar-refractivity contribution in [2.75, 3.05) is 6.61 Å². The summed E-state index contributed by atoms with van der Waals surface area (Å²) < 4.78 is 5.61. The zero-order chi connectivity index (χ0) is 14.6. The van der Waals surface area contributed by atoms with Gasteiger partial charge < -0.3 is 21.0 Å². The summed E-state index contributed by atoms with van der Waals surface area (Å²) in [5.74, 6) is -0.855. The summed E-state index contributed by atoms with van der Waals surface area (Å²) in [4.78, 5) is 12.2. The smallest absolute Gasteiger partial charge is 0.231 e. The Labute approximate surface area is 114 Å². The Bertz CT molecular complexity index is 353. The predicted molar refractivity (Wildman–Crippen MR) is 72.9 cm³/mol. The van der Waals surface area contributed by atoms with Gasteiger partial charge in [-0.25, -0.2) is 0 Å². The Balaban J connectivity index is 2.67. The van der Waals surface area contributed by atoms with E-state index in [9.17, 15) is 4.79 Å². The first kappa shape index (κ1) is 15.8. The summed E-state index contributed by atoms with van der Waals surface area (Å²) in [5, 5.41) is 14.7. The second-order valence-corrected chi connectivity index (χ2v) is 6.05. The van der Waals surface area contributed by atoms with Crippen LogP contribution in [0.15, 0.2) is 5.16 Å². The highest BCUT2D eigenvalue weighted by atomic mass is 16.5. The molecular weight excluding hydrogens is 246 g/mol. The van der Waals surface area contributed by atoms with Crippen molar-refractivity contribution in [2.24, 2.45) is 22.7 Å². The van der Waals surface area contributed by atoms with Gasteiger partial charge in [-0.1, -0.05) is 19.0 Å². The minimum absolute atomic E-state index is 0.0243. The number of nitrogens with zero attached hydrogens (tertiary/aromatic N) is 1. The quantitative estimate of drug-likeness (QED) is 0.308. The Hall–Kier alpha value is -1.30. The van der Waals surface area contributed by atoms with Gasteiger partial charge in [-0.2, -0.15) is 0 Å². The highest BCUT2D eigenvalue weighted by Crippen LogP contribution is 2.24. The molecule has 110 valence electrons. The van der Waals surface area contributed by atoms with Crippen molar-refractivity contribution in [2.45, 2.75) is 52.2 Å². The normalized spacial score (nSPS) is 25.1. The first-order valence-electron chi connectivity index (χ1n) is 6.68. The van der Waals surface area contributed by atoms with Crippen LogP contribution in [-0.4, -0.2) is 35.2 Å². The summed E-state index contributed by atoms with van der Waals surface area (Å²) in [5.41, 5.74) is 5.37. The van der Waals surface area contributed by atoms with E-state index in [1.807, 2.05) is 27.7 Å². The number of nitrogens with two attached hydrogens (primary N) is 1. The molecule has 0 aromatic rings. The molecule has 1 rings (SSSR count). The van der Waals surface area contributed by atoms with Gasteiger partial charge in [0.2, 0.25) is 5.91 Å². The number of ether oxygens (including phenoxy) is 1. The van der Waals surface area contributed by atoms with Crippen LogP contribution in [0.5, 0.6) is 0 Å². The van der Waals surface area contributed by atoms with E-state index < -0.39 is 5.92 Å². The first-order valence-corrected chi connectivity index (χ1v) is 6.68. The number of oxime groups is 1. The van der Waals surface area contributed by atoms with Gasteiger partial charge >= 0.3 is 0 Å². The molecule has 6 heteroatoms. The van der Waals surface area contributed by atoms with E-state index >= 15 is 0 Å². The lowest BCUT2D eigenvalue weighted by Crippen LogP contribution is -2.50. The third-order valence-electron chi connectivity index (χ3n) is 3.43. The van der Waals surface area contributed by atoms with Crippen LogP contribution in [0.25, 0.3) is 0 Å².